The van der Waals surface area contributed by atoms with Crippen LogP contribution in [0.2, 0.25) is 0 Å². The van der Waals surface area contributed by atoms with Crippen molar-refractivity contribution in [2.45, 2.75) is 31.8 Å². The molecule has 8 nitrogen and oxygen atoms in total. The summed E-state index contributed by atoms with van der Waals surface area (Å²) < 4.78 is 5.08. The van der Waals surface area contributed by atoms with Gasteiger partial charge in [-0.2, -0.15) is 0 Å². The molecule has 0 radical (unpaired) electrons. The van der Waals surface area contributed by atoms with Gasteiger partial charge in [-0.25, -0.2) is 4.79 Å². The highest BCUT2D eigenvalue weighted by molar-refractivity contribution is 6.04. The first kappa shape index (κ1) is 18.7. The maximum Gasteiger partial charge on any atom is 0.325 e. The van der Waals surface area contributed by atoms with E-state index in [0.29, 0.717) is 18.7 Å². The molecule has 0 bridgehead atoms. The van der Waals surface area contributed by atoms with Gasteiger partial charge in [-0.15, -0.1) is 0 Å². The Kier molecular flexibility index (Phi) is 6.76. The first-order chi connectivity index (χ1) is 12.0. The van der Waals surface area contributed by atoms with E-state index in [9.17, 15) is 14.4 Å². The number of imide groups is 1. The fourth-order valence-corrected chi connectivity index (χ4v) is 2.51. The SMILES string of the molecule is COc1ccc(CN2C(=O)NC(CCC(=O)NCCCO)C2=O)cc1. The number of aliphatic hydroxyl groups excluding tert-OH is 1. The fraction of sp³-hybridized carbons (Fsp3) is 0.471. The molecule has 1 aliphatic heterocycles. The standard InChI is InChI=1S/C17H23N3O5/c1-25-13-5-3-12(4-6-13)11-20-16(23)14(19-17(20)24)7-8-15(22)18-9-2-10-21/h3-6,14,21H,2,7-11H2,1H3,(H,18,22)(H,19,24). The third-order valence-corrected chi connectivity index (χ3v) is 3.92. The van der Waals surface area contributed by atoms with E-state index in [0.717, 1.165) is 10.5 Å². The van der Waals surface area contributed by atoms with Crippen LogP contribution in [-0.4, -0.2) is 54.2 Å². The highest BCUT2D eigenvalue weighted by atomic mass is 16.5. The Morgan fingerprint density at radius 3 is 2.68 bits per heavy atom. The van der Waals surface area contributed by atoms with Crippen LogP contribution in [-0.2, 0) is 16.1 Å². The second-order valence-electron chi connectivity index (χ2n) is 5.74. The number of carbonyl (C=O) groups excluding carboxylic acids is 3. The minimum atomic E-state index is -0.686. The molecule has 25 heavy (non-hydrogen) atoms. The lowest BCUT2D eigenvalue weighted by atomic mass is 10.1. The highest BCUT2D eigenvalue weighted by Gasteiger charge is 2.37. The van der Waals surface area contributed by atoms with E-state index in [2.05, 4.69) is 10.6 Å². The van der Waals surface area contributed by atoms with Crippen molar-refractivity contribution in [3.63, 3.8) is 0 Å². The van der Waals surface area contributed by atoms with Crippen LogP contribution >= 0.6 is 0 Å². The van der Waals surface area contributed by atoms with Crippen LogP contribution in [0, 0.1) is 0 Å². The molecular weight excluding hydrogens is 326 g/mol. The Morgan fingerprint density at radius 2 is 2.04 bits per heavy atom. The van der Waals surface area contributed by atoms with Gasteiger partial charge in [-0.1, -0.05) is 12.1 Å². The number of carbonyl (C=O) groups is 3. The molecule has 4 amide bonds. The van der Waals surface area contributed by atoms with Crippen LogP contribution in [0.1, 0.15) is 24.8 Å². The zero-order valence-electron chi connectivity index (χ0n) is 14.2. The third kappa shape index (κ3) is 5.18. The second kappa shape index (κ2) is 9.03. The lowest BCUT2D eigenvalue weighted by Crippen LogP contribution is -2.32. The molecule has 0 aromatic heterocycles. The zero-order chi connectivity index (χ0) is 18.2. The third-order valence-electron chi connectivity index (χ3n) is 3.92. The van der Waals surface area contributed by atoms with Crippen molar-refractivity contribution in [2.24, 2.45) is 0 Å². The summed E-state index contributed by atoms with van der Waals surface area (Å²) in [5.41, 5.74) is 0.812. The number of rotatable bonds is 9. The smallest absolute Gasteiger partial charge is 0.325 e. The van der Waals surface area contributed by atoms with Gasteiger partial charge in [0.2, 0.25) is 5.91 Å². The van der Waals surface area contributed by atoms with E-state index >= 15 is 0 Å². The molecule has 8 heteroatoms. The Morgan fingerprint density at radius 1 is 1.32 bits per heavy atom. The van der Waals surface area contributed by atoms with Crippen molar-refractivity contribution in [2.75, 3.05) is 20.3 Å². The Bertz CT molecular complexity index is 617. The van der Waals surface area contributed by atoms with Crippen molar-refractivity contribution in [3.8, 4) is 5.75 Å². The fourth-order valence-electron chi connectivity index (χ4n) is 2.51. The Balaban J connectivity index is 1.85. The van der Waals surface area contributed by atoms with Crippen LogP contribution in [0.15, 0.2) is 24.3 Å². The molecule has 1 heterocycles. The van der Waals surface area contributed by atoms with Crippen LogP contribution < -0.4 is 15.4 Å². The van der Waals surface area contributed by atoms with Crippen LogP contribution in [0.25, 0.3) is 0 Å². The largest absolute Gasteiger partial charge is 0.497 e. The van der Waals surface area contributed by atoms with E-state index < -0.39 is 12.1 Å². The van der Waals surface area contributed by atoms with Gasteiger partial charge in [0.1, 0.15) is 11.8 Å². The van der Waals surface area contributed by atoms with Gasteiger partial charge >= 0.3 is 6.03 Å². The molecule has 1 aromatic carbocycles. The van der Waals surface area contributed by atoms with Crippen LogP contribution in [0.4, 0.5) is 4.79 Å². The van der Waals surface area contributed by atoms with Gasteiger partial charge in [-0.05, 0) is 30.5 Å². The molecule has 1 aromatic rings. The summed E-state index contributed by atoms with van der Waals surface area (Å²) in [5, 5.41) is 13.9. The van der Waals surface area contributed by atoms with E-state index in [1.807, 2.05) is 0 Å². The summed E-state index contributed by atoms with van der Waals surface area (Å²) in [6.07, 6.45) is 0.869. The second-order valence-corrected chi connectivity index (χ2v) is 5.74. The number of methoxy groups -OCH3 is 1. The molecule has 0 aliphatic carbocycles. The minimum absolute atomic E-state index is 0.0117. The van der Waals surface area contributed by atoms with Crippen molar-refractivity contribution < 1.29 is 24.2 Å². The number of urea groups is 1. The van der Waals surface area contributed by atoms with Gasteiger partial charge in [-0.3, -0.25) is 14.5 Å². The lowest BCUT2D eigenvalue weighted by molar-refractivity contribution is -0.128. The van der Waals surface area contributed by atoms with Crippen molar-refractivity contribution >= 4 is 17.8 Å². The average molecular weight is 349 g/mol. The summed E-state index contributed by atoms with van der Waals surface area (Å²) in [7, 11) is 1.57. The van der Waals surface area contributed by atoms with E-state index in [-0.39, 0.29) is 37.8 Å². The summed E-state index contributed by atoms with van der Waals surface area (Å²) in [6.45, 7) is 0.579. The van der Waals surface area contributed by atoms with E-state index in [4.69, 9.17) is 9.84 Å². The van der Waals surface area contributed by atoms with Gasteiger partial charge in [0.25, 0.3) is 5.91 Å². The lowest BCUT2D eigenvalue weighted by Gasteiger charge is -2.13. The number of hydrogen-bond donors (Lipinski definition) is 3. The summed E-state index contributed by atoms with van der Waals surface area (Å²) >= 11 is 0. The molecule has 3 N–H and O–H groups in total. The molecule has 0 spiro atoms. The average Bonchev–Trinajstić information content (AvgIpc) is 2.88. The first-order valence-electron chi connectivity index (χ1n) is 8.17. The molecule has 1 aliphatic rings. The van der Waals surface area contributed by atoms with Crippen molar-refractivity contribution in [1.82, 2.24) is 15.5 Å². The molecule has 1 atom stereocenters. The number of ether oxygens (including phenoxy) is 1. The van der Waals surface area contributed by atoms with Gasteiger partial charge in [0.15, 0.2) is 0 Å². The van der Waals surface area contributed by atoms with Crippen LogP contribution in [0.5, 0.6) is 5.75 Å². The number of amides is 4. The number of hydrogen-bond acceptors (Lipinski definition) is 5. The quantitative estimate of drug-likeness (QED) is 0.442. The monoisotopic (exact) mass is 349 g/mol. The molecule has 1 fully saturated rings. The van der Waals surface area contributed by atoms with Crippen LogP contribution in [0.3, 0.4) is 0 Å². The van der Waals surface area contributed by atoms with E-state index in [1.54, 1.807) is 31.4 Å². The molecule has 1 unspecified atom stereocenters. The zero-order valence-corrected chi connectivity index (χ0v) is 14.2. The predicted octanol–water partition coefficient (Wildman–Crippen LogP) is 0.394. The minimum Gasteiger partial charge on any atom is -0.497 e. The van der Waals surface area contributed by atoms with Gasteiger partial charge in [0.05, 0.1) is 13.7 Å². The normalized spacial score (nSPS) is 16.7. The molecule has 1 saturated heterocycles. The summed E-state index contributed by atoms with van der Waals surface area (Å²) in [6, 6.07) is 5.98. The Hall–Kier alpha value is -2.61. The predicted molar refractivity (Wildman–Crippen MR) is 89.8 cm³/mol. The molecular formula is C17H23N3O5. The summed E-state index contributed by atoms with van der Waals surface area (Å²) in [4.78, 5) is 37.2. The highest BCUT2D eigenvalue weighted by Crippen LogP contribution is 2.17. The van der Waals surface area contributed by atoms with Crippen molar-refractivity contribution in [3.05, 3.63) is 29.8 Å². The number of aliphatic hydroxyl groups is 1. The number of nitrogens with one attached hydrogen (secondary N) is 2. The molecule has 2 rings (SSSR count). The number of nitrogens with zero attached hydrogens (tertiary/aromatic N) is 1. The maximum atomic E-state index is 12.4. The summed E-state index contributed by atoms with van der Waals surface area (Å²) in [5.74, 6) is 0.166. The topological polar surface area (TPSA) is 108 Å². The van der Waals surface area contributed by atoms with Crippen molar-refractivity contribution in [1.29, 1.82) is 0 Å². The van der Waals surface area contributed by atoms with E-state index in [1.165, 1.54) is 0 Å². The first-order valence-corrected chi connectivity index (χ1v) is 8.17. The molecule has 0 saturated carbocycles. The Labute approximate surface area is 146 Å². The van der Waals surface area contributed by atoms with Gasteiger partial charge < -0.3 is 20.5 Å². The number of benzene rings is 1. The van der Waals surface area contributed by atoms with Gasteiger partial charge in [0, 0.05) is 19.6 Å². The molecule has 136 valence electrons. The maximum absolute atomic E-state index is 12.4.